The smallest absolute Gasteiger partial charge is 0.219 e. The first-order valence-corrected chi connectivity index (χ1v) is 7.20. The fourth-order valence-electron chi connectivity index (χ4n) is 1.05. The molecule has 0 unspecified atom stereocenters. The third kappa shape index (κ3) is 19.9. The van der Waals surface area contributed by atoms with E-state index in [0.717, 1.165) is 0 Å². The highest BCUT2D eigenvalue weighted by Crippen LogP contribution is 1.87. The Morgan fingerprint density at radius 1 is 1.00 bits per heavy atom. The van der Waals surface area contributed by atoms with Crippen LogP contribution in [0.25, 0.3) is 0 Å². The second-order valence-electron chi connectivity index (χ2n) is 3.85. The molecule has 5 heteroatoms. The van der Waals surface area contributed by atoms with E-state index in [1.54, 1.807) is 0 Å². The molecule has 0 radical (unpaired) electrons. The first-order chi connectivity index (χ1) is 9.16. The summed E-state index contributed by atoms with van der Waals surface area (Å²) < 4.78 is 15.9. The van der Waals surface area contributed by atoms with Gasteiger partial charge >= 0.3 is 0 Å². The molecule has 0 aromatic heterocycles. The van der Waals surface area contributed by atoms with Gasteiger partial charge in [-0.2, -0.15) is 0 Å². The summed E-state index contributed by atoms with van der Waals surface area (Å²) in [7, 11) is 0. The van der Waals surface area contributed by atoms with Gasteiger partial charge in [0, 0.05) is 13.0 Å². The molecule has 0 aliphatic rings. The Labute approximate surface area is 118 Å². The molecule has 5 nitrogen and oxygen atoms in total. The van der Waals surface area contributed by atoms with Gasteiger partial charge in [0.25, 0.3) is 0 Å². The third-order valence-electron chi connectivity index (χ3n) is 1.94. The molecule has 0 bridgehead atoms. The maximum Gasteiger partial charge on any atom is 0.219 e. The van der Waals surface area contributed by atoms with E-state index in [-0.39, 0.29) is 12.0 Å². The van der Waals surface area contributed by atoms with Crippen molar-refractivity contribution in [3.63, 3.8) is 0 Å². The van der Waals surface area contributed by atoms with E-state index in [1.807, 2.05) is 34.6 Å². The Morgan fingerprint density at radius 3 is 2.05 bits per heavy atom. The molecule has 1 N–H and O–H groups in total. The molecule has 0 fully saturated rings. The molecule has 116 valence electrons. The van der Waals surface area contributed by atoms with Crippen LogP contribution in [0.15, 0.2) is 0 Å². The lowest BCUT2D eigenvalue weighted by Crippen LogP contribution is -2.26. The van der Waals surface area contributed by atoms with Gasteiger partial charge in [0.2, 0.25) is 5.91 Å². The van der Waals surface area contributed by atoms with E-state index in [0.29, 0.717) is 46.0 Å². The van der Waals surface area contributed by atoms with Crippen molar-refractivity contribution >= 4 is 5.91 Å². The molecule has 0 spiro atoms. The van der Waals surface area contributed by atoms with Crippen molar-refractivity contribution in [1.29, 1.82) is 0 Å². The average Bonchev–Trinajstić information content (AvgIpc) is 2.42. The van der Waals surface area contributed by atoms with Crippen LogP contribution in [0.3, 0.4) is 0 Å². The van der Waals surface area contributed by atoms with Gasteiger partial charge in [-0.1, -0.05) is 20.8 Å². The number of rotatable bonds is 11. The zero-order chi connectivity index (χ0) is 14.9. The summed E-state index contributed by atoms with van der Waals surface area (Å²) in [4.78, 5) is 10.9. The van der Waals surface area contributed by atoms with E-state index in [2.05, 4.69) is 5.32 Å². The van der Waals surface area contributed by atoms with Crippen LogP contribution in [-0.2, 0) is 19.0 Å². The van der Waals surface area contributed by atoms with Gasteiger partial charge in [-0.3, -0.25) is 4.79 Å². The number of carbonyl (C=O) groups is 1. The number of ether oxygens (including phenoxy) is 3. The lowest BCUT2D eigenvalue weighted by atomic mass is 10.4. The maximum atomic E-state index is 10.9. The van der Waals surface area contributed by atoms with Gasteiger partial charge in [0.05, 0.1) is 39.1 Å². The largest absolute Gasteiger partial charge is 0.377 e. The van der Waals surface area contributed by atoms with E-state index in [9.17, 15) is 4.79 Å². The number of amides is 1. The first-order valence-electron chi connectivity index (χ1n) is 7.20. The molecule has 0 saturated heterocycles. The molecule has 1 amide bonds. The molecule has 0 aromatic rings. The molecule has 0 rings (SSSR count). The molecule has 0 aliphatic heterocycles. The van der Waals surface area contributed by atoms with Crippen molar-refractivity contribution in [3.8, 4) is 0 Å². The van der Waals surface area contributed by atoms with Gasteiger partial charge < -0.3 is 19.5 Å². The predicted octanol–water partition coefficient (Wildman–Crippen LogP) is 2.00. The minimum absolute atomic E-state index is 0.0516. The number of hydrogen-bond acceptors (Lipinski definition) is 4. The number of hydrogen-bond donors (Lipinski definition) is 1. The van der Waals surface area contributed by atoms with Crippen LogP contribution in [0.2, 0.25) is 0 Å². The van der Waals surface area contributed by atoms with Crippen molar-refractivity contribution in [3.05, 3.63) is 0 Å². The summed E-state index contributed by atoms with van der Waals surface area (Å²) in [5.74, 6) is 0.0516. The van der Waals surface area contributed by atoms with Gasteiger partial charge in [-0.25, -0.2) is 0 Å². The van der Waals surface area contributed by atoms with E-state index in [4.69, 9.17) is 14.2 Å². The van der Waals surface area contributed by atoms with Crippen LogP contribution >= 0.6 is 0 Å². The van der Waals surface area contributed by atoms with Crippen LogP contribution in [-0.4, -0.2) is 51.6 Å². The SMILES string of the molecule is CC.CCC(=O)NCCOCCOCCOC(C)C. The minimum Gasteiger partial charge on any atom is -0.377 e. The number of carbonyl (C=O) groups excluding carboxylic acids is 1. The monoisotopic (exact) mass is 277 g/mol. The standard InChI is InChI=1S/C12H25NO4.C2H6/c1-4-12(14)13-5-6-15-7-8-16-9-10-17-11(2)3;1-2/h11H,4-10H2,1-3H3,(H,13,14);1-2H3. The Kier molecular flexibility index (Phi) is 18.9. The molecule has 0 aromatic carbocycles. The topological polar surface area (TPSA) is 56.8 Å². The Morgan fingerprint density at radius 2 is 1.53 bits per heavy atom. The summed E-state index contributed by atoms with van der Waals surface area (Å²) >= 11 is 0. The van der Waals surface area contributed by atoms with E-state index in [1.165, 1.54) is 0 Å². The van der Waals surface area contributed by atoms with Gasteiger partial charge in [0.15, 0.2) is 0 Å². The highest BCUT2D eigenvalue weighted by molar-refractivity contribution is 5.75. The van der Waals surface area contributed by atoms with Gasteiger partial charge in [-0.05, 0) is 13.8 Å². The molecular weight excluding hydrogens is 246 g/mol. The maximum absolute atomic E-state index is 10.9. The number of nitrogens with one attached hydrogen (secondary N) is 1. The fraction of sp³-hybridized carbons (Fsp3) is 0.929. The van der Waals surface area contributed by atoms with Crippen molar-refractivity contribution in [1.82, 2.24) is 5.32 Å². The zero-order valence-corrected chi connectivity index (χ0v) is 13.2. The lowest BCUT2D eigenvalue weighted by Gasteiger charge is -2.08. The average molecular weight is 277 g/mol. The summed E-state index contributed by atoms with van der Waals surface area (Å²) in [6.07, 6.45) is 0.760. The van der Waals surface area contributed by atoms with Crippen LogP contribution in [0.5, 0.6) is 0 Å². The minimum atomic E-state index is 0.0516. The quantitative estimate of drug-likeness (QED) is 0.587. The predicted molar refractivity (Wildman–Crippen MR) is 77.4 cm³/mol. The van der Waals surface area contributed by atoms with E-state index >= 15 is 0 Å². The second-order valence-corrected chi connectivity index (χ2v) is 3.85. The highest BCUT2D eigenvalue weighted by atomic mass is 16.5. The highest BCUT2D eigenvalue weighted by Gasteiger charge is 1.96. The van der Waals surface area contributed by atoms with E-state index < -0.39 is 0 Å². The summed E-state index contributed by atoms with van der Waals surface area (Å²) in [6, 6.07) is 0. The molecular formula is C14H31NO4. The molecule has 19 heavy (non-hydrogen) atoms. The third-order valence-corrected chi connectivity index (χ3v) is 1.94. The Balaban J connectivity index is 0. The summed E-state index contributed by atoms with van der Waals surface area (Å²) in [6.45, 7) is 13.2. The second kappa shape index (κ2) is 17.4. The van der Waals surface area contributed by atoms with Crippen molar-refractivity contribution in [2.24, 2.45) is 0 Å². The van der Waals surface area contributed by atoms with Crippen LogP contribution in [0, 0.1) is 0 Å². The molecule has 0 heterocycles. The summed E-state index contributed by atoms with van der Waals surface area (Å²) in [5.41, 5.74) is 0. The van der Waals surface area contributed by atoms with Gasteiger partial charge in [0.1, 0.15) is 0 Å². The van der Waals surface area contributed by atoms with Crippen LogP contribution in [0.4, 0.5) is 0 Å². The fourth-order valence-corrected chi connectivity index (χ4v) is 1.05. The van der Waals surface area contributed by atoms with Gasteiger partial charge in [-0.15, -0.1) is 0 Å². The summed E-state index contributed by atoms with van der Waals surface area (Å²) in [5, 5.41) is 2.73. The van der Waals surface area contributed by atoms with Crippen molar-refractivity contribution in [2.45, 2.75) is 47.1 Å². The molecule has 0 saturated carbocycles. The molecule has 0 aliphatic carbocycles. The lowest BCUT2D eigenvalue weighted by molar-refractivity contribution is -0.121. The van der Waals surface area contributed by atoms with Crippen LogP contribution in [0.1, 0.15) is 41.0 Å². The Hall–Kier alpha value is -0.650. The zero-order valence-electron chi connectivity index (χ0n) is 13.2. The Bertz CT molecular complexity index is 186. The first kappa shape index (κ1) is 20.7. The van der Waals surface area contributed by atoms with Crippen LogP contribution < -0.4 is 5.32 Å². The normalized spacial score (nSPS) is 10.0. The van der Waals surface area contributed by atoms with Crippen molar-refractivity contribution in [2.75, 3.05) is 39.6 Å². The van der Waals surface area contributed by atoms with Crippen molar-refractivity contribution < 1.29 is 19.0 Å². The molecule has 0 atom stereocenters.